The fraction of sp³-hybridized carbons (Fsp3) is 0.923. The van der Waals surface area contributed by atoms with Crippen molar-refractivity contribution in [2.75, 3.05) is 19.8 Å². The molecule has 0 aromatic carbocycles. The Morgan fingerprint density at radius 3 is 1.87 bits per heavy atom. The van der Waals surface area contributed by atoms with Gasteiger partial charge in [0, 0.05) is 6.42 Å². The first-order chi connectivity index (χ1) is 15.1. The third kappa shape index (κ3) is 16.2. The number of aliphatic imine (C=N–C) groups is 1. The van der Waals surface area contributed by atoms with Crippen LogP contribution >= 0.6 is 0 Å². The minimum absolute atomic E-state index is 0.0344. The predicted octanol–water partition coefficient (Wildman–Crippen LogP) is 7.32. The monoisotopic (exact) mass is 439 g/mol. The average molecular weight is 440 g/mol. The minimum Gasteiger partial charge on any atom is -0.481 e. The smallest absolute Gasteiger partial charge is 0.305 e. The molecule has 0 aromatic heterocycles. The Balaban J connectivity index is 1.86. The summed E-state index contributed by atoms with van der Waals surface area (Å²) in [7, 11) is 0. The van der Waals surface area contributed by atoms with E-state index in [0.29, 0.717) is 13.2 Å². The molecule has 0 aromatic rings. The summed E-state index contributed by atoms with van der Waals surface area (Å²) in [5, 5.41) is 8.65. The second-order valence-corrected chi connectivity index (χ2v) is 9.54. The number of carbonyl (C=O) groups is 1. The molecule has 1 unspecified atom stereocenters. The van der Waals surface area contributed by atoms with Crippen molar-refractivity contribution in [2.45, 2.75) is 135 Å². The van der Waals surface area contributed by atoms with Gasteiger partial charge in [0.2, 0.25) is 0 Å². The number of hydrogen-bond acceptors (Lipinski definition) is 4. The fourth-order valence-corrected chi connectivity index (χ4v) is 4.08. The van der Waals surface area contributed by atoms with Crippen molar-refractivity contribution in [3.8, 4) is 0 Å². The highest BCUT2D eigenvalue weighted by Crippen LogP contribution is 2.21. The number of unbranched alkanes of at least 4 members (excludes halogenated alkanes) is 15. The van der Waals surface area contributed by atoms with Crippen molar-refractivity contribution in [3.63, 3.8) is 0 Å². The van der Waals surface area contributed by atoms with E-state index >= 15 is 0 Å². The van der Waals surface area contributed by atoms with Gasteiger partial charge in [-0.1, -0.05) is 103 Å². The number of aliphatic carboxylic acids is 1. The molecule has 1 atom stereocenters. The molecule has 0 saturated heterocycles. The Bertz CT molecular complexity index is 480. The lowest BCUT2D eigenvalue weighted by Gasteiger charge is -2.17. The average Bonchev–Trinajstić information content (AvgIpc) is 3.12. The third-order valence-corrected chi connectivity index (χ3v) is 6.06. The van der Waals surface area contributed by atoms with Crippen LogP contribution in [0.15, 0.2) is 4.99 Å². The van der Waals surface area contributed by atoms with Gasteiger partial charge in [0.1, 0.15) is 12.1 Å². The summed E-state index contributed by atoms with van der Waals surface area (Å²) in [6.45, 7) is 5.48. The van der Waals surface area contributed by atoms with Gasteiger partial charge in [0.15, 0.2) is 5.90 Å². The van der Waals surface area contributed by atoms with Gasteiger partial charge in [-0.15, -0.1) is 0 Å². The molecule has 0 radical (unpaired) electrons. The zero-order valence-corrected chi connectivity index (χ0v) is 20.5. The highest BCUT2D eigenvalue weighted by molar-refractivity contribution is 5.78. The molecule has 31 heavy (non-hydrogen) atoms. The molecule has 182 valence electrons. The standard InChI is InChI=1S/C26H49NO4/c1-3-4-5-6-7-8-9-10-11-12-13-14-15-16-17-18-19-24-27-26(2,23-31-24)22-30-21-20-25(28)29/h3-23H2,1-2H3,(H,28,29). The van der Waals surface area contributed by atoms with Crippen molar-refractivity contribution in [2.24, 2.45) is 4.99 Å². The van der Waals surface area contributed by atoms with Gasteiger partial charge in [-0.3, -0.25) is 4.79 Å². The van der Waals surface area contributed by atoms with Crippen LogP contribution in [0.2, 0.25) is 0 Å². The molecule has 0 aliphatic carbocycles. The Morgan fingerprint density at radius 2 is 1.39 bits per heavy atom. The van der Waals surface area contributed by atoms with Crippen LogP contribution in [0.3, 0.4) is 0 Å². The maximum Gasteiger partial charge on any atom is 0.305 e. The van der Waals surface area contributed by atoms with Gasteiger partial charge in [-0.05, 0) is 13.3 Å². The largest absolute Gasteiger partial charge is 0.481 e. The minimum atomic E-state index is -0.833. The van der Waals surface area contributed by atoms with Crippen LogP contribution in [-0.2, 0) is 14.3 Å². The Hall–Kier alpha value is -1.10. The van der Waals surface area contributed by atoms with Crippen molar-refractivity contribution in [1.82, 2.24) is 0 Å². The van der Waals surface area contributed by atoms with E-state index in [4.69, 9.17) is 14.6 Å². The van der Waals surface area contributed by atoms with Gasteiger partial charge >= 0.3 is 5.97 Å². The predicted molar refractivity (Wildman–Crippen MR) is 129 cm³/mol. The van der Waals surface area contributed by atoms with Gasteiger partial charge in [0.05, 0.1) is 19.6 Å². The van der Waals surface area contributed by atoms with Gasteiger partial charge in [-0.2, -0.15) is 0 Å². The second-order valence-electron chi connectivity index (χ2n) is 9.54. The van der Waals surface area contributed by atoms with Gasteiger partial charge < -0.3 is 14.6 Å². The van der Waals surface area contributed by atoms with Crippen molar-refractivity contribution >= 4 is 11.9 Å². The summed E-state index contributed by atoms with van der Waals surface area (Å²) in [4.78, 5) is 15.2. The third-order valence-electron chi connectivity index (χ3n) is 6.06. The van der Waals surface area contributed by atoms with E-state index in [1.165, 1.54) is 96.3 Å². The molecule has 1 heterocycles. The summed E-state index contributed by atoms with van der Waals surface area (Å²) in [6, 6.07) is 0. The Labute approximate surface area is 191 Å². The first-order valence-electron chi connectivity index (χ1n) is 13.1. The van der Waals surface area contributed by atoms with Crippen LogP contribution in [0.4, 0.5) is 0 Å². The van der Waals surface area contributed by atoms with E-state index in [1.54, 1.807) is 0 Å². The lowest BCUT2D eigenvalue weighted by atomic mass is 10.0. The van der Waals surface area contributed by atoms with Gasteiger partial charge in [0.25, 0.3) is 0 Å². The molecule has 0 amide bonds. The van der Waals surface area contributed by atoms with Crippen LogP contribution < -0.4 is 0 Å². The summed E-state index contributed by atoms with van der Waals surface area (Å²) in [5.41, 5.74) is -0.358. The molecule has 5 nitrogen and oxygen atoms in total. The van der Waals surface area contributed by atoms with Crippen LogP contribution in [0.25, 0.3) is 0 Å². The quantitative estimate of drug-likeness (QED) is 0.179. The van der Waals surface area contributed by atoms with E-state index in [2.05, 4.69) is 11.9 Å². The lowest BCUT2D eigenvalue weighted by molar-refractivity contribution is -0.138. The molecule has 0 saturated carbocycles. The second kappa shape index (κ2) is 18.5. The Kier molecular flexibility index (Phi) is 16.6. The first kappa shape index (κ1) is 27.9. The zero-order chi connectivity index (χ0) is 22.6. The van der Waals surface area contributed by atoms with Crippen LogP contribution in [0.5, 0.6) is 0 Å². The molecule has 5 heteroatoms. The molecule has 0 spiro atoms. The van der Waals surface area contributed by atoms with Crippen molar-refractivity contribution in [1.29, 1.82) is 0 Å². The number of ether oxygens (including phenoxy) is 2. The number of nitrogens with zero attached hydrogens (tertiary/aromatic N) is 1. The van der Waals surface area contributed by atoms with E-state index in [-0.39, 0.29) is 18.6 Å². The summed E-state index contributed by atoms with van der Waals surface area (Å²) in [6.07, 6.45) is 22.9. The Morgan fingerprint density at radius 1 is 0.903 bits per heavy atom. The number of rotatable bonds is 22. The van der Waals surface area contributed by atoms with Crippen LogP contribution in [-0.4, -0.2) is 42.3 Å². The zero-order valence-electron chi connectivity index (χ0n) is 20.5. The normalized spacial score (nSPS) is 18.2. The number of hydrogen-bond donors (Lipinski definition) is 1. The maximum atomic E-state index is 10.5. The maximum absolute atomic E-state index is 10.5. The SMILES string of the molecule is CCCCCCCCCCCCCCCCCCC1=NC(C)(COCCC(=O)O)CO1. The van der Waals surface area contributed by atoms with Gasteiger partial charge in [-0.25, -0.2) is 4.99 Å². The van der Waals surface area contributed by atoms with E-state index < -0.39 is 5.97 Å². The van der Waals surface area contributed by atoms with Crippen molar-refractivity contribution < 1.29 is 19.4 Å². The van der Waals surface area contributed by atoms with E-state index in [9.17, 15) is 4.79 Å². The molecule has 1 aliphatic heterocycles. The molecular weight excluding hydrogens is 390 g/mol. The molecule has 0 bridgehead atoms. The highest BCUT2D eigenvalue weighted by atomic mass is 16.5. The first-order valence-corrected chi connectivity index (χ1v) is 13.1. The molecular formula is C26H49NO4. The summed E-state index contributed by atoms with van der Waals surface area (Å²) >= 11 is 0. The molecule has 1 rings (SSSR count). The van der Waals surface area contributed by atoms with E-state index in [1.807, 2.05) is 6.92 Å². The highest BCUT2D eigenvalue weighted by Gasteiger charge is 2.31. The van der Waals surface area contributed by atoms with Crippen molar-refractivity contribution in [3.05, 3.63) is 0 Å². The molecule has 1 aliphatic rings. The fourth-order valence-electron chi connectivity index (χ4n) is 4.08. The number of carboxylic acid groups (broad SMARTS) is 1. The molecule has 0 fully saturated rings. The molecule has 1 N–H and O–H groups in total. The van der Waals surface area contributed by atoms with Crippen LogP contribution in [0.1, 0.15) is 129 Å². The van der Waals surface area contributed by atoms with Crippen LogP contribution in [0, 0.1) is 0 Å². The lowest BCUT2D eigenvalue weighted by Crippen LogP contribution is -2.30. The summed E-state index contributed by atoms with van der Waals surface area (Å²) in [5.74, 6) is 0.00945. The topological polar surface area (TPSA) is 68.1 Å². The summed E-state index contributed by atoms with van der Waals surface area (Å²) < 4.78 is 11.2. The number of carboxylic acids is 1. The van der Waals surface area contributed by atoms with E-state index in [0.717, 1.165) is 18.7 Å².